The van der Waals surface area contributed by atoms with E-state index in [1.54, 1.807) is 4.90 Å². The van der Waals surface area contributed by atoms with Gasteiger partial charge in [0, 0.05) is 34.0 Å². The molecule has 1 heterocycles. The van der Waals surface area contributed by atoms with Gasteiger partial charge in [0.1, 0.15) is 4.08 Å². The first-order valence-electron chi connectivity index (χ1n) is 13.7. The summed E-state index contributed by atoms with van der Waals surface area (Å²) in [7, 11) is 0. The number of pyridine rings is 1. The van der Waals surface area contributed by atoms with E-state index in [1.165, 1.54) is 5.56 Å². The summed E-state index contributed by atoms with van der Waals surface area (Å²) in [5.41, 5.74) is 8.35. The van der Waals surface area contributed by atoms with Gasteiger partial charge in [0.2, 0.25) is 6.41 Å². The quantitative estimate of drug-likeness (QED) is 0.0995. The number of rotatable bonds is 10. The highest BCUT2D eigenvalue weighted by Gasteiger charge is 2.31. The Hall–Kier alpha value is -2.93. The van der Waals surface area contributed by atoms with E-state index in [4.69, 9.17) is 41.8 Å². The molecule has 0 fully saturated rings. The summed E-state index contributed by atoms with van der Waals surface area (Å²) in [6, 6.07) is 26.0. The van der Waals surface area contributed by atoms with Crippen LogP contribution in [0.25, 0.3) is 10.9 Å². The van der Waals surface area contributed by atoms with Gasteiger partial charge in [-0.2, -0.15) is 25.3 Å². The van der Waals surface area contributed by atoms with Crippen molar-refractivity contribution in [1.29, 1.82) is 0 Å². The van der Waals surface area contributed by atoms with Crippen LogP contribution in [0.2, 0.25) is 5.02 Å². The fraction of sp³-hybridized carbons (Fsp3) is 0.273. The minimum Gasteiger partial charge on any atom is -0.384 e. The fourth-order valence-corrected chi connectivity index (χ4v) is 6.57. The van der Waals surface area contributed by atoms with Crippen molar-refractivity contribution in [3.63, 3.8) is 0 Å². The molecule has 0 unspecified atom stereocenters. The van der Waals surface area contributed by atoms with Crippen molar-refractivity contribution in [2.24, 2.45) is 0 Å². The van der Waals surface area contributed by atoms with Crippen molar-refractivity contribution in [3.8, 4) is 0 Å². The van der Waals surface area contributed by atoms with Crippen LogP contribution in [0.15, 0.2) is 90.1 Å². The van der Waals surface area contributed by atoms with Gasteiger partial charge in [-0.05, 0) is 79.5 Å². The van der Waals surface area contributed by atoms with Gasteiger partial charge in [-0.1, -0.05) is 72.3 Å². The number of carbonyl (C=O) groups is 1. The Morgan fingerprint density at radius 3 is 2.45 bits per heavy atom. The van der Waals surface area contributed by atoms with E-state index in [2.05, 4.69) is 11.4 Å². The zero-order valence-electron chi connectivity index (χ0n) is 22.6. The summed E-state index contributed by atoms with van der Waals surface area (Å²) in [4.78, 5) is 19.1. The van der Waals surface area contributed by atoms with Gasteiger partial charge >= 0.3 is 0 Å². The minimum absolute atomic E-state index is 0.475. The molecule has 1 aliphatic rings. The summed E-state index contributed by atoms with van der Waals surface area (Å²) in [5.74, 6) is 0. The molecule has 0 atom stereocenters. The van der Waals surface area contributed by atoms with Crippen LogP contribution in [0.3, 0.4) is 0 Å². The van der Waals surface area contributed by atoms with Crippen molar-refractivity contribution in [2.45, 2.75) is 49.7 Å². The molecule has 206 valence electrons. The number of hydrogen-bond acceptors (Lipinski definition) is 5. The normalized spacial score (nSPS) is 13.9. The molecule has 0 saturated heterocycles. The molecule has 4 aromatic rings. The number of halogens is 1. The Morgan fingerprint density at radius 1 is 1.02 bits per heavy atom. The first-order chi connectivity index (χ1) is 19.4. The van der Waals surface area contributed by atoms with Gasteiger partial charge in [-0.3, -0.25) is 9.78 Å². The number of anilines is 1. The second kappa shape index (κ2) is 12.7. The summed E-state index contributed by atoms with van der Waals surface area (Å²) in [6.45, 7) is 3.11. The van der Waals surface area contributed by atoms with Crippen LogP contribution in [0.5, 0.6) is 0 Å². The average molecular weight is 588 g/mol. The van der Waals surface area contributed by atoms with Crippen LogP contribution >= 0.6 is 36.9 Å². The molecule has 1 aromatic heterocycles. The number of nitrogens with one attached hydrogen (secondary N) is 1. The van der Waals surface area contributed by atoms with Crippen molar-refractivity contribution in [2.75, 3.05) is 11.9 Å². The molecule has 0 saturated carbocycles. The van der Waals surface area contributed by atoms with Gasteiger partial charge < -0.3 is 10.2 Å². The number of fused-ring (bicyclic) bond motifs is 2. The predicted molar refractivity (Wildman–Crippen MR) is 173 cm³/mol. The molecule has 0 radical (unpaired) electrons. The summed E-state index contributed by atoms with van der Waals surface area (Å²) in [6.07, 6.45) is 5.83. The van der Waals surface area contributed by atoms with Crippen LogP contribution in [-0.4, -0.2) is 22.8 Å². The number of amides is 1. The molecule has 0 spiro atoms. The molecule has 3 aromatic carbocycles. The highest BCUT2D eigenvalue weighted by Crippen LogP contribution is 2.44. The number of thiol groups is 2. The molecule has 0 bridgehead atoms. The SMILES string of the molecule is CC(=C(CCNc1c2c(nc3cc(Cl)ccc13)CCCC2)C(S)(S)c1ccccc1)N(C=O)Cc1ccccc1. The lowest BCUT2D eigenvalue weighted by molar-refractivity contribution is -0.117. The lowest BCUT2D eigenvalue weighted by Crippen LogP contribution is -2.27. The van der Waals surface area contributed by atoms with Crippen molar-refractivity contribution < 1.29 is 4.79 Å². The Morgan fingerprint density at radius 2 is 1.73 bits per heavy atom. The molecule has 5 rings (SSSR count). The zero-order valence-corrected chi connectivity index (χ0v) is 25.2. The third-order valence-corrected chi connectivity index (χ3v) is 8.98. The van der Waals surface area contributed by atoms with Gasteiger partial charge in [0.05, 0.1) is 12.1 Å². The maximum atomic E-state index is 12.4. The number of nitrogens with zero attached hydrogens (tertiary/aromatic N) is 2. The molecule has 1 amide bonds. The van der Waals surface area contributed by atoms with Crippen LogP contribution in [-0.2, 0) is 28.3 Å². The number of carbonyl (C=O) groups excluding carboxylic acids is 1. The molecule has 7 heteroatoms. The predicted octanol–water partition coefficient (Wildman–Crippen LogP) is 8.21. The largest absolute Gasteiger partial charge is 0.384 e. The van der Waals surface area contributed by atoms with E-state index in [0.717, 1.165) is 76.8 Å². The van der Waals surface area contributed by atoms with Crippen molar-refractivity contribution in [1.82, 2.24) is 9.88 Å². The van der Waals surface area contributed by atoms with E-state index in [9.17, 15) is 4.79 Å². The maximum Gasteiger partial charge on any atom is 0.214 e. The molecule has 1 N–H and O–H groups in total. The fourth-order valence-electron chi connectivity index (χ4n) is 5.55. The van der Waals surface area contributed by atoms with E-state index in [0.29, 0.717) is 24.5 Å². The van der Waals surface area contributed by atoms with Crippen molar-refractivity contribution in [3.05, 3.63) is 118 Å². The third-order valence-electron chi connectivity index (χ3n) is 7.69. The van der Waals surface area contributed by atoms with Crippen LogP contribution < -0.4 is 5.32 Å². The molecule has 4 nitrogen and oxygen atoms in total. The van der Waals surface area contributed by atoms with Gasteiger partial charge in [-0.15, -0.1) is 0 Å². The Labute approximate surface area is 252 Å². The maximum absolute atomic E-state index is 12.4. The minimum atomic E-state index is -0.877. The first-order valence-corrected chi connectivity index (χ1v) is 15.0. The van der Waals surface area contributed by atoms with Gasteiger partial charge in [0.15, 0.2) is 0 Å². The third kappa shape index (κ3) is 6.19. The van der Waals surface area contributed by atoms with E-state index in [1.807, 2.05) is 79.7 Å². The average Bonchev–Trinajstić information content (AvgIpc) is 2.98. The van der Waals surface area contributed by atoms with Crippen molar-refractivity contribution >= 4 is 59.9 Å². The van der Waals surface area contributed by atoms with Gasteiger partial charge in [0.25, 0.3) is 0 Å². The lowest BCUT2D eigenvalue weighted by atomic mass is 9.92. The molecular formula is C33H34ClN3OS2. The topological polar surface area (TPSA) is 45.2 Å². The van der Waals surface area contributed by atoms with E-state index in [-0.39, 0.29) is 0 Å². The van der Waals surface area contributed by atoms with E-state index >= 15 is 0 Å². The first kappa shape index (κ1) is 28.6. The number of aryl methyl sites for hydroxylation is 1. The monoisotopic (exact) mass is 587 g/mol. The van der Waals surface area contributed by atoms with Crippen LogP contribution in [0.1, 0.15) is 48.6 Å². The van der Waals surface area contributed by atoms with Crippen LogP contribution in [0.4, 0.5) is 5.69 Å². The number of hydrogen-bond donors (Lipinski definition) is 3. The highest BCUT2D eigenvalue weighted by atomic mass is 35.5. The van der Waals surface area contributed by atoms with Crippen LogP contribution in [0, 0.1) is 0 Å². The van der Waals surface area contributed by atoms with Gasteiger partial charge in [-0.25, -0.2) is 0 Å². The van der Waals surface area contributed by atoms with E-state index < -0.39 is 4.08 Å². The summed E-state index contributed by atoms with van der Waals surface area (Å²) < 4.78 is -0.877. The highest BCUT2D eigenvalue weighted by molar-refractivity contribution is 8.00. The molecular weight excluding hydrogens is 554 g/mol. The second-order valence-electron chi connectivity index (χ2n) is 10.3. The summed E-state index contributed by atoms with van der Waals surface area (Å²) in [5, 5.41) is 5.53. The lowest BCUT2D eigenvalue weighted by Gasteiger charge is -2.32. The Balaban J connectivity index is 1.50. The Bertz CT molecular complexity index is 1520. The smallest absolute Gasteiger partial charge is 0.214 e. The summed E-state index contributed by atoms with van der Waals surface area (Å²) >= 11 is 16.5. The Kier molecular flexibility index (Phi) is 9.09. The number of aromatic nitrogens is 1. The molecule has 0 aliphatic heterocycles. The zero-order chi connectivity index (χ0) is 28.1. The second-order valence-corrected chi connectivity index (χ2v) is 12.4. The molecule has 1 aliphatic carbocycles. The number of allylic oxidation sites excluding steroid dienone is 1. The number of benzene rings is 3. The molecule has 40 heavy (non-hydrogen) atoms. The standard InChI is InChI=1S/C33H34ClN3OS2/c1-23(37(22-38)21-24-10-4-2-5-11-24)29(33(39,40)25-12-6-3-7-13-25)18-19-35-32-27-14-8-9-15-30(27)36-31-20-26(34)16-17-28(31)32/h2-7,10-13,16-17,20,22,39-40H,8-9,14-15,18-19,21H2,1H3,(H,35,36).